The minimum Gasteiger partial charge on any atom is -0.464 e. The van der Waals surface area contributed by atoms with Crippen LogP contribution in [0.2, 0.25) is 0 Å². The van der Waals surface area contributed by atoms with E-state index in [4.69, 9.17) is 9.47 Å². The molecule has 0 radical (unpaired) electrons. The number of esters is 2. The smallest absolute Gasteiger partial charge is 0.379 e. The highest BCUT2D eigenvalue weighted by Gasteiger charge is 2.33. The SMILES string of the molecule is CCOC(=O)C(=O)c1c(C)c(C(=O)OC)n2c1CCC2. The van der Waals surface area contributed by atoms with E-state index in [2.05, 4.69) is 0 Å². The largest absolute Gasteiger partial charge is 0.464 e. The summed E-state index contributed by atoms with van der Waals surface area (Å²) < 4.78 is 11.3. The Balaban J connectivity index is 2.52. The minimum absolute atomic E-state index is 0.142. The Bertz CT molecular complexity index is 585. The molecule has 108 valence electrons. The van der Waals surface area contributed by atoms with Gasteiger partial charge in [0.05, 0.1) is 19.3 Å². The average molecular weight is 279 g/mol. The molecule has 0 N–H and O–H groups in total. The molecule has 0 spiro atoms. The van der Waals surface area contributed by atoms with Gasteiger partial charge in [-0.15, -0.1) is 0 Å². The highest BCUT2D eigenvalue weighted by atomic mass is 16.5. The quantitative estimate of drug-likeness (QED) is 0.471. The summed E-state index contributed by atoms with van der Waals surface area (Å²) in [5.74, 6) is -2.06. The number of carbonyl (C=O) groups is 3. The number of fused-ring (bicyclic) bond motifs is 1. The Kier molecular flexibility index (Phi) is 3.92. The minimum atomic E-state index is -0.882. The number of Topliss-reactive ketones (excluding diaryl/α,β-unsaturated/α-hetero) is 1. The van der Waals surface area contributed by atoms with Crippen LogP contribution in [0.3, 0.4) is 0 Å². The summed E-state index contributed by atoms with van der Waals surface area (Å²) in [5.41, 5.74) is 1.86. The first-order valence-corrected chi connectivity index (χ1v) is 6.54. The summed E-state index contributed by atoms with van der Waals surface area (Å²) in [6.45, 7) is 4.09. The molecular formula is C14H17NO5. The van der Waals surface area contributed by atoms with E-state index >= 15 is 0 Å². The maximum atomic E-state index is 12.2. The second-order valence-electron chi connectivity index (χ2n) is 4.59. The first-order chi connectivity index (χ1) is 9.52. The summed E-state index contributed by atoms with van der Waals surface area (Å²) in [5, 5.41) is 0. The zero-order valence-corrected chi connectivity index (χ0v) is 11.8. The van der Waals surface area contributed by atoms with Crippen molar-refractivity contribution in [3.63, 3.8) is 0 Å². The van der Waals surface area contributed by atoms with Gasteiger partial charge in [-0.1, -0.05) is 0 Å². The van der Waals surface area contributed by atoms with Crippen LogP contribution < -0.4 is 0 Å². The molecule has 0 saturated carbocycles. The van der Waals surface area contributed by atoms with Crippen LogP contribution in [0.25, 0.3) is 0 Å². The van der Waals surface area contributed by atoms with Crippen LogP contribution in [-0.4, -0.2) is 36.0 Å². The summed E-state index contributed by atoms with van der Waals surface area (Å²) in [6, 6.07) is 0. The van der Waals surface area contributed by atoms with Crippen LogP contribution in [0.15, 0.2) is 0 Å². The molecule has 0 atom stereocenters. The van der Waals surface area contributed by atoms with E-state index in [0.717, 1.165) is 12.1 Å². The van der Waals surface area contributed by atoms with Gasteiger partial charge in [0.25, 0.3) is 5.78 Å². The number of ether oxygens (including phenoxy) is 2. The van der Waals surface area contributed by atoms with Crippen molar-refractivity contribution in [3.8, 4) is 0 Å². The molecular weight excluding hydrogens is 262 g/mol. The molecule has 0 bridgehead atoms. The number of aromatic nitrogens is 1. The lowest BCUT2D eigenvalue weighted by atomic mass is 10.0. The van der Waals surface area contributed by atoms with Gasteiger partial charge in [-0.25, -0.2) is 9.59 Å². The zero-order chi connectivity index (χ0) is 14.9. The van der Waals surface area contributed by atoms with Gasteiger partial charge in [0.2, 0.25) is 0 Å². The molecule has 6 heteroatoms. The van der Waals surface area contributed by atoms with Crippen LogP contribution in [0, 0.1) is 6.92 Å². The third-order valence-electron chi connectivity index (χ3n) is 3.48. The zero-order valence-electron chi connectivity index (χ0n) is 11.8. The summed E-state index contributed by atoms with van der Waals surface area (Å²) in [7, 11) is 1.30. The molecule has 20 heavy (non-hydrogen) atoms. The number of nitrogens with zero attached hydrogens (tertiary/aromatic N) is 1. The van der Waals surface area contributed by atoms with E-state index in [1.807, 2.05) is 0 Å². The van der Waals surface area contributed by atoms with E-state index in [0.29, 0.717) is 29.8 Å². The van der Waals surface area contributed by atoms with Crippen molar-refractivity contribution in [1.82, 2.24) is 4.57 Å². The predicted octanol–water partition coefficient (Wildman–Crippen LogP) is 1.28. The number of hydrogen-bond donors (Lipinski definition) is 0. The summed E-state index contributed by atoms with van der Waals surface area (Å²) >= 11 is 0. The van der Waals surface area contributed by atoms with Gasteiger partial charge in [-0.3, -0.25) is 4.79 Å². The molecule has 1 aromatic heterocycles. The second-order valence-corrected chi connectivity index (χ2v) is 4.59. The van der Waals surface area contributed by atoms with Gasteiger partial charge < -0.3 is 14.0 Å². The van der Waals surface area contributed by atoms with E-state index in [9.17, 15) is 14.4 Å². The Morgan fingerprint density at radius 1 is 1.30 bits per heavy atom. The monoisotopic (exact) mass is 279 g/mol. The van der Waals surface area contributed by atoms with Gasteiger partial charge in [0.1, 0.15) is 5.69 Å². The van der Waals surface area contributed by atoms with E-state index < -0.39 is 17.7 Å². The number of carbonyl (C=O) groups excluding carboxylic acids is 3. The third kappa shape index (κ3) is 2.11. The first-order valence-electron chi connectivity index (χ1n) is 6.54. The number of hydrogen-bond acceptors (Lipinski definition) is 5. The number of rotatable bonds is 4. The molecule has 1 aliphatic rings. The average Bonchev–Trinajstić information content (AvgIpc) is 2.97. The summed E-state index contributed by atoms with van der Waals surface area (Å²) in [4.78, 5) is 35.7. The maximum absolute atomic E-state index is 12.2. The Labute approximate surface area is 116 Å². The first kappa shape index (κ1) is 14.3. The van der Waals surface area contributed by atoms with Gasteiger partial charge >= 0.3 is 11.9 Å². The maximum Gasteiger partial charge on any atom is 0.379 e. The van der Waals surface area contributed by atoms with Crippen LogP contribution in [-0.2, 0) is 27.2 Å². The van der Waals surface area contributed by atoms with Crippen molar-refractivity contribution in [2.45, 2.75) is 33.2 Å². The fraction of sp³-hybridized carbons (Fsp3) is 0.500. The van der Waals surface area contributed by atoms with Crippen molar-refractivity contribution >= 4 is 17.7 Å². The Morgan fingerprint density at radius 3 is 2.60 bits per heavy atom. The van der Waals surface area contributed by atoms with Crippen molar-refractivity contribution in [3.05, 3.63) is 22.5 Å². The van der Waals surface area contributed by atoms with E-state index in [1.165, 1.54) is 7.11 Å². The van der Waals surface area contributed by atoms with Crippen LogP contribution in [0.4, 0.5) is 0 Å². The highest BCUT2D eigenvalue weighted by molar-refractivity contribution is 6.41. The van der Waals surface area contributed by atoms with Crippen molar-refractivity contribution in [1.29, 1.82) is 0 Å². The molecule has 2 rings (SSSR count). The van der Waals surface area contributed by atoms with Gasteiger partial charge in [0.15, 0.2) is 0 Å². The van der Waals surface area contributed by atoms with Crippen LogP contribution in [0.5, 0.6) is 0 Å². The van der Waals surface area contributed by atoms with Crippen LogP contribution in [0.1, 0.15) is 45.4 Å². The molecule has 2 heterocycles. The fourth-order valence-corrected chi connectivity index (χ4v) is 2.68. The molecule has 6 nitrogen and oxygen atoms in total. The molecule has 0 aromatic carbocycles. The Morgan fingerprint density at radius 2 is 2.00 bits per heavy atom. The molecule has 0 fully saturated rings. The van der Waals surface area contributed by atoms with Crippen molar-refractivity contribution < 1.29 is 23.9 Å². The van der Waals surface area contributed by atoms with Gasteiger partial charge in [-0.2, -0.15) is 0 Å². The molecule has 1 aliphatic heterocycles. The van der Waals surface area contributed by atoms with E-state index in [1.54, 1.807) is 18.4 Å². The van der Waals surface area contributed by atoms with Gasteiger partial charge in [0, 0.05) is 12.2 Å². The summed E-state index contributed by atoms with van der Waals surface area (Å²) in [6.07, 6.45) is 1.50. The molecule has 0 saturated heterocycles. The number of methoxy groups -OCH3 is 1. The molecule has 0 unspecified atom stereocenters. The second kappa shape index (κ2) is 5.48. The normalized spacial score (nSPS) is 12.9. The van der Waals surface area contributed by atoms with Crippen LogP contribution >= 0.6 is 0 Å². The lowest BCUT2D eigenvalue weighted by Crippen LogP contribution is -2.19. The van der Waals surface area contributed by atoms with Crippen molar-refractivity contribution in [2.75, 3.05) is 13.7 Å². The van der Waals surface area contributed by atoms with Crippen molar-refractivity contribution in [2.24, 2.45) is 0 Å². The standard InChI is InChI=1S/C14H17NO5/c1-4-20-14(18)12(16)10-8(2)11(13(17)19-3)15-7-5-6-9(10)15/h4-7H2,1-3H3. The highest BCUT2D eigenvalue weighted by Crippen LogP contribution is 2.29. The fourth-order valence-electron chi connectivity index (χ4n) is 2.68. The Hall–Kier alpha value is -2.11. The van der Waals surface area contributed by atoms with E-state index in [-0.39, 0.29) is 6.61 Å². The lowest BCUT2D eigenvalue weighted by Gasteiger charge is -2.04. The number of ketones is 1. The van der Waals surface area contributed by atoms with Gasteiger partial charge in [-0.05, 0) is 32.3 Å². The lowest BCUT2D eigenvalue weighted by molar-refractivity contribution is -0.137. The topological polar surface area (TPSA) is 74.6 Å². The molecule has 0 amide bonds. The molecule has 1 aromatic rings. The molecule has 0 aliphatic carbocycles. The third-order valence-corrected chi connectivity index (χ3v) is 3.48. The predicted molar refractivity (Wildman–Crippen MR) is 69.8 cm³/mol.